The van der Waals surface area contributed by atoms with Crippen LogP contribution in [0.4, 0.5) is 0 Å². The molecule has 1 atom stereocenters. The molecule has 0 saturated carbocycles. The summed E-state index contributed by atoms with van der Waals surface area (Å²) in [6.45, 7) is 11.0. The first-order valence-corrected chi connectivity index (χ1v) is 6.41. The van der Waals surface area contributed by atoms with Crippen molar-refractivity contribution in [3.05, 3.63) is 11.1 Å². The van der Waals surface area contributed by atoms with E-state index in [2.05, 4.69) is 20.8 Å². The third kappa shape index (κ3) is 4.83. The molecule has 0 saturated heterocycles. The fourth-order valence-electron chi connectivity index (χ4n) is 1.96. The van der Waals surface area contributed by atoms with Crippen LogP contribution in [0, 0.1) is 5.92 Å². The van der Waals surface area contributed by atoms with Gasteiger partial charge in [0.25, 0.3) is 0 Å². The third-order valence-corrected chi connectivity index (χ3v) is 3.18. The fraction of sp³-hybridized carbons (Fsp3) is 0.857. The molecule has 0 aromatic carbocycles. The molecule has 0 N–H and O–H groups in total. The molecule has 0 amide bonds. The summed E-state index contributed by atoms with van der Waals surface area (Å²) in [6, 6.07) is 0. The van der Waals surface area contributed by atoms with E-state index < -0.39 is 0 Å². The monoisotopic (exact) mass is 196 g/mol. The average molecular weight is 196 g/mol. The second-order valence-corrected chi connectivity index (χ2v) is 4.31. The van der Waals surface area contributed by atoms with E-state index >= 15 is 0 Å². The molecule has 0 aromatic rings. The van der Waals surface area contributed by atoms with Gasteiger partial charge in [-0.1, -0.05) is 45.3 Å². The van der Waals surface area contributed by atoms with Gasteiger partial charge in [-0.05, 0) is 44.9 Å². The minimum Gasteiger partial charge on any atom is -0.0741 e. The Labute approximate surface area is 90.8 Å². The Morgan fingerprint density at radius 1 is 1.14 bits per heavy atom. The number of hydrogen-bond acceptors (Lipinski definition) is 0. The predicted molar refractivity (Wildman–Crippen MR) is 66.6 cm³/mol. The van der Waals surface area contributed by atoms with Crippen molar-refractivity contribution in [3.63, 3.8) is 0 Å². The van der Waals surface area contributed by atoms with Gasteiger partial charge in [-0.15, -0.1) is 0 Å². The zero-order valence-electron chi connectivity index (χ0n) is 10.8. The van der Waals surface area contributed by atoms with Crippen LogP contribution in [0.2, 0.25) is 0 Å². The van der Waals surface area contributed by atoms with Crippen LogP contribution in [0.1, 0.15) is 73.1 Å². The highest BCUT2D eigenvalue weighted by atomic mass is 14.2. The number of rotatable bonds is 3. The molecule has 84 valence electrons. The molecular formula is C14H28. The molecule has 0 fully saturated rings. The van der Waals surface area contributed by atoms with E-state index in [1.54, 1.807) is 11.1 Å². The maximum absolute atomic E-state index is 2.37. The largest absolute Gasteiger partial charge is 0.0741 e. The first-order valence-electron chi connectivity index (χ1n) is 6.41. The van der Waals surface area contributed by atoms with E-state index in [0.29, 0.717) is 0 Å². The lowest BCUT2D eigenvalue weighted by Gasteiger charge is -2.20. The molecule has 1 aliphatic carbocycles. The van der Waals surface area contributed by atoms with Crippen LogP contribution in [0.5, 0.6) is 0 Å². The van der Waals surface area contributed by atoms with Crippen molar-refractivity contribution in [2.24, 2.45) is 5.92 Å². The summed E-state index contributed by atoms with van der Waals surface area (Å²) in [6.07, 6.45) is 8.31. The highest BCUT2D eigenvalue weighted by Gasteiger charge is 2.11. The molecule has 0 heterocycles. The molecule has 0 nitrogen and oxygen atoms in total. The zero-order chi connectivity index (χ0) is 11.0. The second kappa shape index (κ2) is 8.08. The van der Waals surface area contributed by atoms with Crippen molar-refractivity contribution >= 4 is 0 Å². The number of allylic oxidation sites excluding steroid dienone is 2. The van der Waals surface area contributed by atoms with Crippen LogP contribution in [-0.4, -0.2) is 0 Å². The molecule has 0 aliphatic heterocycles. The van der Waals surface area contributed by atoms with Crippen LogP contribution in [0.25, 0.3) is 0 Å². The van der Waals surface area contributed by atoms with Crippen molar-refractivity contribution in [1.29, 1.82) is 0 Å². The smallest absolute Gasteiger partial charge is 0.0292 e. The lowest BCUT2D eigenvalue weighted by atomic mass is 9.86. The van der Waals surface area contributed by atoms with Crippen LogP contribution in [0.3, 0.4) is 0 Å². The maximum Gasteiger partial charge on any atom is -0.0292 e. The van der Waals surface area contributed by atoms with E-state index in [1.165, 1.54) is 38.5 Å². The van der Waals surface area contributed by atoms with Crippen molar-refractivity contribution < 1.29 is 0 Å². The Bertz CT molecular complexity index is 165. The van der Waals surface area contributed by atoms with Crippen LogP contribution in [-0.2, 0) is 0 Å². The number of hydrogen-bond donors (Lipinski definition) is 0. The predicted octanol–water partition coefficient (Wildman–Crippen LogP) is 5.34. The Morgan fingerprint density at radius 3 is 2.21 bits per heavy atom. The Balaban J connectivity index is 0.000000791. The minimum atomic E-state index is 0.896. The summed E-state index contributed by atoms with van der Waals surface area (Å²) >= 11 is 0. The summed E-state index contributed by atoms with van der Waals surface area (Å²) in [5.74, 6) is 0.896. The molecule has 1 unspecified atom stereocenters. The van der Waals surface area contributed by atoms with E-state index in [-0.39, 0.29) is 0 Å². The van der Waals surface area contributed by atoms with Gasteiger partial charge in [0, 0.05) is 0 Å². The average Bonchev–Trinajstić information content (AvgIpc) is 2.24. The highest BCUT2D eigenvalue weighted by Crippen LogP contribution is 2.29. The van der Waals surface area contributed by atoms with Gasteiger partial charge in [0.1, 0.15) is 0 Å². The first kappa shape index (κ1) is 13.7. The van der Waals surface area contributed by atoms with Gasteiger partial charge in [0.2, 0.25) is 0 Å². The molecule has 0 bridgehead atoms. The van der Waals surface area contributed by atoms with Crippen LogP contribution >= 0.6 is 0 Å². The minimum absolute atomic E-state index is 0.896. The van der Waals surface area contributed by atoms with E-state index in [4.69, 9.17) is 0 Å². The lowest BCUT2D eigenvalue weighted by molar-refractivity contribution is 0.524. The van der Waals surface area contributed by atoms with Crippen molar-refractivity contribution in [2.45, 2.75) is 73.1 Å². The van der Waals surface area contributed by atoms with Gasteiger partial charge in [-0.25, -0.2) is 0 Å². The zero-order valence-corrected chi connectivity index (χ0v) is 10.8. The maximum atomic E-state index is 2.37. The quantitative estimate of drug-likeness (QED) is 0.534. The normalized spacial score (nSPS) is 18.6. The lowest BCUT2D eigenvalue weighted by Crippen LogP contribution is -2.02. The summed E-state index contributed by atoms with van der Waals surface area (Å²) in [5, 5.41) is 0. The molecule has 0 heteroatoms. The van der Waals surface area contributed by atoms with Gasteiger partial charge in [0.05, 0.1) is 0 Å². The van der Waals surface area contributed by atoms with Crippen molar-refractivity contribution in [2.75, 3.05) is 0 Å². The van der Waals surface area contributed by atoms with Gasteiger partial charge in [-0.3, -0.25) is 0 Å². The highest BCUT2D eigenvalue weighted by molar-refractivity contribution is 5.15. The second-order valence-electron chi connectivity index (χ2n) is 4.31. The molecule has 0 spiro atoms. The third-order valence-electron chi connectivity index (χ3n) is 3.18. The summed E-state index contributed by atoms with van der Waals surface area (Å²) in [5.41, 5.74) is 3.47. The summed E-state index contributed by atoms with van der Waals surface area (Å²) < 4.78 is 0. The van der Waals surface area contributed by atoms with Gasteiger partial charge < -0.3 is 0 Å². The van der Waals surface area contributed by atoms with Gasteiger partial charge in [-0.2, -0.15) is 0 Å². The molecule has 0 radical (unpaired) electrons. The van der Waals surface area contributed by atoms with Crippen molar-refractivity contribution in [1.82, 2.24) is 0 Å². The van der Waals surface area contributed by atoms with Crippen molar-refractivity contribution in [3.8, 4) is 0 Å². The molecular weight excluding hydrogens is 168 g/mol. The Hall–Kier alpha value is -0.260. The topological polar surface area (TPSA) is 0 Å². The first-order chi connectivity index (χ1) is 6.74. The SMILES string of the molecule is CC.CCC(C)CC1=C(C)CCCC1. The standard InChI is InChI=1S/C12H22.C2H6/c1-4-10(2)9-12-8-6-5-7-11(12)3;1-2/h10H,4-9H2,1-3H3;1-2H3. The summed E-state index contributed by atoms with van der Waals surface area (Å²) in [7, 11) is 0. The van der Waals surface area contributed by atoms with E-state index in [9.17, 15) is 0 Å². The molecule has 0 aromatic heterocycles. The molecule has 1 rings (SSSR count). The fourth-order valence-corrected chi connectivity index (χ4v) is 1.96. The Kier molecular flexibility index (Phi) is 7.93. The van der Waals surface area contributed by atoms with Crippen LogP contribution < -0.4 is 0 Å². The van der Waals surface area contributed by atoms with E-state index in [0.717, 1.165) is 5.92 Å². The molecule has 1 aliphatic rings. The van der Waals surface area contributed by atoms with E-state index in [1.807, 2.05) is 13.8 Å². The van der Waals surface area contributed by atoms with Crippen LogP contribution in [0.15, 0.2) is 11.1 Å². The van der Waals surface area contributed by atoms with Gasteiger partial charge in [0.15, 0.2) is 0 Å². The van der Waals surface area contributed by atoms with Gasteiger partial charge >= 0.3 is 0 Å². The molecule has 14 heavy (non-hydrogen) atoms. The Morgan fingerprint density at radius 2 is 1.71 bits per heavy atom. The summed E-state index contributed by atoms with van der Waals surface area (Å²) in [4.78, 5) is 0.